The summed E-state index contributed by atoms with van der Waals surface area (Å²) in [5.41, 5.74) is 1.55. The van der Waals surface area contributed by atoms with Crippen molar-refractivity contribution in [3.63, 3.8) is 0 Å². The fraction of sp³-hybridized carbons (Fsp3) is 0.312. The molecule has 1 heterocycles. The Kier molecular flexibility index (Phi) is 5.21. The highest BCUT2D eigenvalue weighted by Crippen LogP contribution is 2.17. The monoisotopic (exact) mass is 274 g/mol. The Hall–Kier alpha value is -1.78. The first-order valence-corrected chi connectivity index (χ1v) is 6.67. The highest BCUT2D eigenvalue weighted by atomic mass is 19.1. The second kappa shape index (κ2) is 7.12. The summed E-state index contributed by atoms with van der Waals surface area (Å²) in [6.45, 7) is 1.21. The molecule has 0 saturated heterocycles. The van der Waals surface area contributed by atoms with E-state index in [0.717, 1.165) is 13.0 Å². The summed E-state index contributed by atoms with van der Waals surface area (Å²) < 4.78 is 13.6. The van der Waals surface area contributed by atoms with Crippen LogP contribution in [0, 0.1) is 5.82 Å². The van der Waals surface area contributed by atoms with Crippen molar-refractivity contribution in [1.82, 2.24) is 9.88 Å². The Morgan fingerprint density at radius 1 is 1.20 bits per heavy atom. The minimum atomic E-state index is -0.807. The Morgan fingerprint density at radius 2 is 1.90 bits per heavy atom. The molecule has 0 saturated carbocycles. The van der Waals surface area contributed by atoms with Crippen LogP contribution in [0.2, 0.25) is 0 Å². The van der Waals surface area contributed by atoms with Gasteiger partial charge in [0.15, 0.2) is 0 Å². The van der Waals surface area contributed by atoms with E-state index in [1.807, 2.05) is 24.1 Å². The SMILES string of the molecule is CN(CCc1ccncc1)CC(O)c1ccccc1F. The predicted molar refractivity (Wildman–Crippen MR) is 76.8 cm³/mol. The second-order valence-corrected chi connectivity index (χ2v) is 4.91. The van der Waals surface area contributed by atoms with E-state index in [2.05, 4.69) is 4.98 Å². The molecule has 0 fully saturated rings. The number of aromatic nitrogens is 1. The first kappa shape index (κ1) is 14.6. The zero-order chi connectivity index (χ0) is 14.4. The van der Waals surface area contributed by atoms with Crippen molar-refractivity contribution in [2.24, 2.45) is 0 Å². The van der Waals surface area contributed by atoms with Crippen molar-refractivity contribution in [1.29, 1.82) is 0 Å². The highest BCUT2D eigenvalue weighted by molar-refractivity contribution is 5.20. The smallest absolute Gasteiger partial charge is 0.129 e. The molecule has 0 radical (unpaired) electrons. The average Bonchev–Trinajstić information content (AvgIpc) is 2.46. The van der Waals surface area contributed by atoms with Crippen molar-refractivity contribution in [3.05, 3.63) is 65.7 Å². The Bertz CT molecular complexity index is 533. The van der Waals surface area contributed by atoms with Crippen LogP contribution in [-0.2, 0) is 6.42 Å². The fourth-order valence-corrected chi connectivity index (χ4v) is 2.10. The van der Waals surface area contributed by atoms with Crippen LogP contribution in [-0.4, -0.2) is 35.1 Å². The number of hydrogen-bond donors (Lipinski definition) is 1. The number of rotatable bonds is 6. The van der Waals surface area contributed by atoms with Crippen molar-refractivity contribution in [3.8, 4) is 0 Å². The van der Waals surface area contributed by atoms with Crippen LogP contribution >= 0.6 is 0 Å². The van der Waals surface area contributed by atoms with Gasteiger partial charge in [-0.25, -0.2) is 4.39 Å². The summed E-state index contributed by atoms with van der Waals surface area (Å²) in [4.78, 5) is 5.97. The van der Waals surface area contributed by atoms with Crippen LogP contribution in [0.15, 0.2) is 48.8 Å². The fourth-order valence-electron chi connectivity index (χ4n) is 2.10. The lowest BCUT2D eigenvalue weighted by atomic mass is 10.1. The molecule has 0 aliphatic rings. The van der Waals surface area contributed by atoms with Crippen molar-refractivity contribution in [2.45, 2.75) is 12.5 Å². The van der Waals surface area contributed by atoms with E-state index < -0.39 is 6.10 Å². The quantitative estimate of drug-likeness (QED) is 0.879. The van der Waals surface area contributed by atoms with E-state index in [0.29, 0.717) is 12.1 Å². The molecule has 0 bridgehead atoms. The van der Waals surface area contributed by atoms with Gasteiger partial charge in [-0.3, -0.25) is 4.98 Å². The standard InChI is InChI=1S/C16H19FN2O/c1-19(11-8-13-6-9-18-10-7-13)12-16(20)14-4-2-3-5-15(14)17/h2-7,9-10,16,20H,8,11-12H2,1H3. The molecule has 1 N–H and O–H groups in total. The molecule has 1 aromatic heterocycles. The summed E-state index contributed by atoms with van der Waals surface area (Å²) in [6.07, 6.45) is 3.61. The van der Waals surface area contributed by atoms with Gasteiger partial charge in [0.1, 0.15) is 5.82 Å². The Balaban J connectivity index is 1.85. The zero-order valence-electron chi connectivity index (χ0n) is 11.5. The maximum Gasteiger partial charge on any atom is 0.129 e. The predicted octanol–water partition coefficient (Wildman–Crippen LogP) is 2.43. The summed E-state index contributed by atoms with van der Waals surface area (Å²) in [6, 6.07) is 10.3. The second-order valence-electron chi connectivity index (χ2n) is 4.91. The maximum absolute atomic E-state index is 13.6. The van der Waals surface area contributed by atoms with Gasteiger partial charge in [-0.15, -0.1) is 0 Å². The number of pyridine rings is 1. The number of benzene rings is 1. The summed E-state index contributed by atoms with van der Waals surface area (Å²) in [5.74, 6) is -0.359. The molecule has 3 nitrogen and oxygen atoms in total. The first-order valence-electron chi connectivity index (χ1n) is 6.67. The molecule has 1 aromatic carbocycles. The molecular formula is C16H19FN2O. The molecule has 0 aliphatic carbocycles. The third-order valence-electron chi connectivity index (χ3n) is 3.28. The van der Waals surface area contributed by atoms with Crippen LogP contribution in [0.4, 0.5) is 4.39 Å². The average molecular weight is 274 g/mol. The van der Waals surface area contributed by atoms with Gasteiger partial charge in [-0.2, -0.15) is 0 Å². The Labute approximate surface area is 118 Å². The zero-order valence-corrected chi connectivity index (χ0v) is 11.5. The van der Waals surface area contributed by atoms with Crippen molar-refractivity contribution in [2.75, 3.05) is 20.1 Å². The topological polar surface area (TPSA) is 36.4 Å². The normalized spacial score (nSPS) is 12.6. The number of nitrogens with zero attached hydrogens (tertiary/aromatic N) is 2. The van der Waals surface area contributed by atoms with E-state index in [1.54, 1.807) is 30.6 Å². The van der Waals surface area contributed by atoms with Gasteiger partial charge in [0, 0.05) is 31.0 Å². The third-order valence-corrected chi connectivity index (χ3v) is 3.28. The van der Waals surface area contributed by atoms with E-state index in [-0.39, 0.29) is 5.82 Å². The lowest BCUT2D eigenvalue weighted by molar-refractivity contribution is 0.124. The molecule has 0 amide bonds. The van der Waals surface area contributed by atoms with Crippen LogP contribution < -0.4 is 0 Å². The van der Waals surface area contributed by atoms with E-state index in [4.69, 9.17) is 0 Å². The molecular weight excluding hydrogens is 255 g/mol. The lowest BCUT2D eigenvalue weighted by Crippen LogP contribution is -2.27. The number of aliphatic hydroxyl groups is 1. The minimum absolute atomic E-state index is 0.350. The van der Waals surface area contributed by atoms with Crippen molar-refractivity contribution < 1.29 is 9.50 Å². The van der Waals surface area contributed by atoms with E-state index >= 15 is 0 Å². The molecule has 20 heavy (non-hydrogen) atoms. The van der Waals surface area contributed by atoms with Crippen LogP contribution in [0.25, 0.3) is 0 Å². The lowest BCUT2D eigenvalue weighted by Gasteiger charge is -2.21. The summed E-state index contributed by atoms with van der Waals surface area (Å²) >= 11 is 0. The minimum Gasteiger partial charge on any atom is -0.387 e. The van der Waals surface area contributed by atoms with E-state index in [1.165, 1.54) is 11.6 Å². The third kappa shape index (κ3) is 4.11. The molecule has 2 aromatic rings. The Morgan fingerprint density at radius 3 is 2.60 bits per heavy atom. The maximum atomic E-state index is 13.6. The number of likely N-dealkylation sites (N-methyl/N-ethyl adjacent to an activating group) is 1. The van der Waals surface area contributed by atoms with Gasteiger partial charge in [0.25, 0.3) is 0 Å². The van der Waals surface area contributed by atoms with Crippen LogP contribution in [0.1, 0.15) is 17.2 Å². The van der Waals surface area contributed by atoms with Crippen molar-refractivity contribution >= 4 is 0 Å². The van der Waals surface area contributed by atoms with Gasteiger partial charge >= 0.3 is 0 Å². The van der Waals surface area contributed by atoms with Gasteiger partial charge in [0.2, 0.25) is 0 Å². The van der Waals surface area contributed by atoms with Gasteiger partial charge in [-0.1, -0.05) is 18.2 Å². The van der Waals surface area contributed by atoms with Gasteiger partial charge < -0.3 is 10.0 Å². The molecule has 1 unspecified atom stereocenters. The summed E-state index contributed by atoms with van der Waals surface area (Å²) in [5, 5.41) is 10.1. The van der Waals surface area contributed by atoms with Gasteiger partial charge in [-0.05, 0) is 37.2 Å². The number of aliphatic hydroxyl groups excluding tert-OH is 1. The summed E-state index contributed by atoms with van der Waals surface area (Å²) in [7, 11) is 1.92. The van der Waals surface area contributed by atoms with Crippen LogP contribution in [0.3, 0.4) is 0 Å². The first-order chi connectivity index (χ1) is 9.66. The molecule has 4 heteroatoms. The van der Waals surface area contributed by atoms with Gasteiger partial charge in [0.05, 0.1) is 6.10 Å². The number of halogens is 1. The molecule has 2 rings (SSSR count). The van der Waals surface area contributed by atoms with E-state index in [9.17, 15) is 9.50 Å². The van der Waals surface area contributed by atoms with Crippen LogP contribution in [0.5, 0.6) is 0 Å². The molecule has 0 aliphatic heterocycles. The number of hydrogen-bond acceptors (Lipinski definition) is 3. The largest absolute Gasteiger partial charge is 0.387 e. The highest BCUT2D eigenvalue weighted by Gasteiger charge is 2.14. The molecule has 106 valence electrons. The molecule has 1 atom stereocenters. The molecule has 0 spiro atoms.